The third-order valence-electron chi connectivity index (χ3n) is 7.28. The van der Waals surface area contributed by atoms with Crippen LogP contribution in [0.25, 0.3) is 27.6 Å². The molecule has 0 aliphatic carbocycles. The molecule has 6 rings (SSSR count). The average molecular weight is 471 g/mol. The van der Waals surface area contributed by atoms with Gasteiger partial charge in [-0.05, 0) is 52.6 Å². The van der Waals surface area contributed by atoms with Crippen molar-refractivity contribution < 1.29 is 4.74 Å². The van der Waals surface area contributed by atoms with Crippen molar-refractivity contribution in [3.63, 3.8) is 0 Å². The van der Waals surface area contributed by atoms with Crippen molar-refractivity contribution in [2.45, 2.75) is 5.60 Å². The van der Waals surface area contributed by atoms with Crippen molar-refractivity contribution in [3.05, 3.63) is 120 Å². The minimum Gasteiger partial charge on any atom is -0.473 e. The Bertz CT molecular complexity index is 1620. The van der Waals surface area contributed by atoms with Gasteiger partial charge >= 0.3 is 0 Å². The van der Waals surface area contributed by atoms with Gasteiger partial charge in [0.2, 0.25) is 0 Å². The summed E-state index contributed by atoms with van der Waals surface area (Å²) in [6.07, 6.45) is 4.49. The molecule has 3 nitrogen and oxygen atoms in total. The Balaban J connectivity index is 1.63. The average Bonchev–Trinajstić information content (AvgIpc) is 2.92. The summed E-state index contributed by atoms with van der Waals surface area (Å²) in [5, 5.41) is 4.82. The van der Waals surface area contributed by atoms with Gasteiger partial charge in [-0.15, -0.1) is 0 Å². The first kappa shape index (κ1) is 22.2. The maximum absolute atomic E-state index is 7.09. The zero-order valence-electron chi connectivity index (χ0n) is 21.2. The first-order chi connectivity index (χ1) is 17.5. The molecule has 178 valence electrons. The molecule has 0 bridgehead atoms. The van der Waals surface area contributed by atoms with Crippen LogP contribution in [0.5, 0.6) is 5.75 Å². The van der Waals surface area contributed by atoms with Crippen LogP contribution in [0.1, 0.15) is 16.7 Å². The molecule has 0 saturated carbocycles. The minimum atomic E-state index is -0.759. The van der Waals surface area contributed by atoms with E-state index in [1.54, 1.807) is 0 Å². The normalized spacial score (nSPS) is 16.6. The van der Waals surface area contributed by atoms with Crippen LogP contribution in [-0.2, 0) is 5.60 Å². The van der Waals surface area contributed by atoms with Crippen LogP contribution in [-0.4, -0.2) is 28.2 Å². The van der Waals surface area contributed by atoms with Crippen molar-refractivity contribution in [1.82, 2.24) is 0 Å². The van der Waals surface area contributed by atoms with E-state index in [-0.39, 0.29) is 0 Å². The number of benzene rings is 5. The summed E-state index contributed by atoms with van der Waals surface area (Å²) in [6, 6.07) is 34.5. The maximum Gasteiger partial charge on any atom is 0.178 e. The topological polar surface area (TPSA) is 15.7 Å². The van der Waals surface area contributed by atoms with Crippen LogP contribution in [0.15, 0.2) is 103 Å². The Morgan fingerprint density at radius 2 is 1.31 bits per heavy atom. The number of nitrogens with zero attached hydrogens (tertiary/aromatic N) is 2. The fourth-order valence-corrected chi connectivity index (χ4v) is 5.40. The number of hydrogen-bond donors (Lipinski definition) is 0. The highest BCUT2D eigenvalue weighted by Crippen LogP contribution is 2.47. The monoisotopic (exact) mass is 470 g/mol. The Morgan fingerprint density at radius 1 is 0.611 bits per heavy atom. The van der Waals surface area contributed by atoms with Gasteiger partial charge in [0.15, 0.2) is 5.60 Å². The van der Waals surface area contributed by atoms with Crippen LogP contribution in [0.4, 0.5) is 11.4 Å². The third kappa shape index (κ3) is 3.43. The molecule has 1 unspecified atom stereocenters. The quantitative estimate of drug-likeness (QED) is 0.271. The standard InChI is InChI=1S/C33H30N2O/c1-34(2)25-16-14-24(15-17-25)33(30-18-19-31(35(3)4)28-12-8-7-11-27(28)30)22-21-29-26-10-6-5-9-23(26)13-20-32(29)36-33/h5-22H,1-4H3. The molecular weight excluding hydrogens is 440 g/mol. The Labute approximate surface area is 212 Å². The molecule has 5 aromatic rings. The summed E-state index contributed by atoms with van der Waals surface area (Å²) >= 11 is 0. The molecule has 1 heterocycles. The molecule has 5 aromatic carbocycles. The van der Waals surface area contributed by atoms with Gasteiger partial charge in [-0.25, -0.2) is 0 Å². The minimum absolute atomic E-state index is 0.759. The second-order valence-corrected chi connectivity index (χ2v) is 9.88. The van der Waals surface area contributed by atoms with Crippen molar-refractivity contribution in [2.24, 2.45) is 0 Å². The molecule has 0 spiro atoms. The van der Waals surface area contributed by atoms with Gasteiger partial charge in [0.25, 0.3) is 0 Å². The van der Waals surface area contributed by atoms with Crippen LogP contribution in [0, 0.1) is 0 Å². The van der Waals surface area contributed by atoms with Crippen LogP contribution < -0.4 is 14.5 Å². The lowest BCUT2D eigenvalue weighted by atomic mass is 9.80. The first-order valence-electron chi connectivity index (χ1n) is 12.4. The molecule has 0 fully saturated rings. The Kier molecular flexibility index (Phi) is 5.22. The molecule has 1 atom stereocenters. The molecule has 0 N–H and O–H groups in total. The Hall–Kier alpha value is -4.24. The van der Waals surface area contributed by atoms with E-state index in [1.807, 2.05) is 0 Å². The van der Waals surface area contributed by atoms with E-state index in [0.29, 0.717) is 0 Å². The van der Waals surface area contributed by atoms with E-state index < -0.39 is 5.60 Å². The predicted molar refractivity (Wildman–Crippen MR) is 153 cm³/mol. The highest BCUT2D eigenvalue weighted by atomic mass is 16.5. The number of fused-ring (bicyclic) bond motifs is 4. The van der Waals surface area contributed by atoms with Gasteiger partial charge in [0.1, 0.15) is 5.75 Å². The summed E-state index contributed by atoms with van der Waals surface area (Å²) in [4.78, 5) is 4.29. The summed E-state index contributed by atoms with van der Waals surface area (Å²) < 4.78 is 7.09. The number of ether oxygens (including phenoxy) is 1. The van der Waals surface area contributed by atoms with Crippen LogP contribution >= 0.6 is 0 Å². The summed E-state index contributed by atoms with van der Waals surface area (Å²) in [5.41, 5.74) is 4.96. The molecule has 1 aliphatic heterocycles. The molecule has 0 saturated heterocycles. The third-order valence-corrected chi connectivity index (χ3v) is 7.28. The smallest absolute Gasteiger partial charge is 0.178 e. The molecule has 0 radical (unpaired) electrons. The van der Waals surface area contributed by atoms with Gasteiger partial charge < -0.3 is 14.5 Å². The predicted octanol–water partition coefficient (Wildman–Crippen LogP) is 7.47. The van der Waals surface area contributed by atoms with E-state index >= 15 is 0 Å². The van der Waals surface area contributed by atoms with Crippen molar-refractivity contribution in [2.75, 3.05) is 38.0 Å². The first-order valence-corrected chi connectivity index (χ1v) is 12.4. The number of hydrogen-bond acceptors (Lipinski definition) is 3. The van der Waals surface area contributed by atoms with Crippen LogP contribution in [0.2, 0.25) is 0 Å². The molecule has 3 heteroatoms. The summed E-state index contributed by atoms with van der Waals surface area (Å²) in [5.74, 6) is 0.897. The van der Waals surface area contributed by atoms with E-state index in [0.717, 1.165) is 28.1 Å². The van der Waals surface area contributed by atoms with Gasteiger partial charge in [-0.2, -0.15) is 0 Å². The van der Waals surface area contributed by atoms with Crippen molar-refractivity contribution >= 4 is 39.0 Å². The maximum atomic E-state index is 7.09. The summed E-state index contributed by atoms with van der Waals surface area (Å²) in [6.45, 7) is 0. The fraction of sp³-hybridized carbons (Fsp3) is 0.152. The Morgan fingerprint density at radius 3 is 2.03 bits per heavy atom. The van der Waals surface area contributed by atoms with E-state index in [4.69, 9.17) is 4.74 Å². The SMILES string of the molecule is CN(C)c1ccc(C2(c3ccc(N(C)C)c4ccccc34)C=Cc3c(ccc4ccccc34)O2)cc1. The fourth-order valence-electron chi connectivity index (χ4n) is 5.40. The highest BCUT2D eigenvalue weighted by Gasteiger charge is 2.39. The lowest BCUT2D eigenvalue weighted by Gasteiger charge is -2.37. The highest BCUT2D eigenvalue weighted by molar-refractivity contribution is 5.98. The van der Waals surface area contributed by atoms with Crippen LogP contribution in [0.3, 0.4) is 0 Å². The van der Waals surface area contributed by atoms with E-state index in [1.165, 1.54) is 27.2 Å². The second kappa shape index (κ2) is 8.46. The summed E-state index contributed by atoms with van der Waals surface area (Å²) in [7, 11) is 8.32. The molecule has 36 heavy (non-hydrogen) atoms. The largest absolute Gasteiger partial charge is 0.473 e. The van der Waals surface area contributed by atoms with Gasteiger partial charge in [-0.3, -0.25) is 0 Å². The van der Waals surface area contributed by atoms with Gasteiger partial charge in [0, 0.05) is 61.6 Å². The number of anilines is 2. The lowest BCUT2D eigenvalue weighted by molar-refractivity contribution is 0.163. The van der Waals surface area contributed by atoms with E-state index in [2.05, 4.69) is 147 Å². The zero-order chi connectivity index (χ0) is 24.9. The molecular formula is C33H30N2O. The lowest BCUT2D eigenvalue weighted by Crippen LogP contribution is -2.34. The van der Waals surface area contributed by atoms with Crippen molar-refractivity contribution in [3.8, 4) is 5.75 Å². The second-order valence-electron chi connectivity index (χ2n) is 9.88. The zero-order valence-corrected chi connectivity index (χ0v) is 21.2. The molecule has 0 aromatic heterocycles. The van der Waals surface area contributed by atoms with E-state index in [9.17, 15) is 0 Å². The van der Waals surface area contributed by atoms with Gasteiger partial charge in [0.05, 0.1) is 0 Å². The molecule has 0 amide bonds. The molecule has 1 aliphatic rings. The van der Waals surface area contributed by atoms with Gasteiger partial charge in [-0.1, -0.05) is 72.8 Å². The van der Waals surface area contributed by atoms with Crippen molar-refractivity contribution in [1.29, 1.82) is 0 Å². The number of rotatable bonds is 4.